The van der Waals surface area contributed by atoms with Gasteiger partial charge in [-0.2, -0.15) is 0 Å². The van der Waals surface area contributed by atoms with Crippen molar-refractivity contribution in [3.8, 4) is 0 Å². The highest BCUT2D eigenvalue weighted by molar-refractivity contribution is 6.61. The van der Waals surface area contributed by atoms with Gasteiger partial charge in [0.05, 0.1) is 0 Å². The maximum Gasteiger partial charge on any atom is 0.500 e. The molecule has 474 valence electrons. The highest BCUT2D eigenvalue weighted by Gasteiger charge is 2.39. The standard InChI is InChI=1S/C56H113N7O15Si3/c1-13-16-39-58(42-33-48-79(70-4,71-5)72-6)51(64)36-27-21-19-24-30-45-61-54(67)62(46-31-25-20-22-28-37-52(65)59(40-17-14-2)43-34-49-80(73-7,74-8)75-9)56(69)63(55(61)68)47-32-26-23-29-38-57-53(66)60(41-18-15-3)44-35-50-81(76-10,77-11)78-12/h13-50H2,1-12H3,(H,57,66). The topological polar surface area (TPSA) is 222 Å². The van der Waals surface area contributed by atoms with Crippen LogP contribution in [0.4, 0.5) is 4.79 Å². The summed E-state index contributed by atoms with van der Waals surface area (Å²) < 4.78 is 53.8. The lowest BCUT2D eigenvalue weighted by atomic mass is 10.1. The molecule has 1 aromatic rings. The molecule has 0 fully saturated rings. The lowest BCUT2D eigenvalue weighted by Gasteiger charge is -2.27. The second-order valence-electron chi connectivity index (χ2n) is 21.0. The van der Waals surface area contributed by atoms with E-state index in [0.717, 1.165) is 122 Å². The summed E-state index contributed by atoms with van der Waals surface area (Å²) in [7, 11) is 6.16. The molecule has 1 N–H and O–H groups in total. The Hall–Kier alpha value is -3.09. The number of carbonyl (C=O) groups is 3. The minimum Gasteiger partial charge on any atom is -0.377 e. The molecule has 0 bridgehead atoms. The quantitative estimate of drug-likeness (QED) is 0.0479. The fourth-order valence-electron chi connectivity index (χ4n) is 9.99. The van der Waals surface area contributed by atoms with Gasteiger partial charge in [0.15, 0.2) is 0 Å². The number of unbranched alkanes of at least 4 members (excludes halogenated alkanes) is 14. The zero-order valence-corrected chi connectivity index (χ0v) is 55.7. The number of urea groups is 1. The summed E-state index contributed by atoms with van der Waals surface area (Å²) in [6.45, 7) is 11.2. The van der Waals surface area contributed by atoms with Crippen LogP contribution in [0.2, 0.25) is 18.1 Å². The summed E-state index contributed by atoms with van der Waals surface area (Å²) in [6, 6.07) is 1.74. The van der Waals surface area contributed by atoms with Crippen molar-refractivity contribution in [3.63, 3.8) is 0 Å². The fraction of sp³-hybridized carbons (Fsp3) is 0.893. The second kappa shape index (κ2) is 45.3. The molecule has 0 aliphatic heterocycles. The third-order valence-electron chi connectivity index (χ3n) is 15.4. The molecule has 0 saturated carbocycles. The summed E-state index contributed by atoms with van der Waals surface area (Å²) >= 11 is 0. The van der Waals surface area contributed by atoms with E-state index < -0.39 is 43.5 Å². The largest absolute Gasteiger partial charge is 0.500 e. The molecule has 0 atom stereocenters. The average molecular weight is 1210 g/mol. The van der Waals surface area contributed by atoms with Crippen LogP contribution in [0.3, 0.4) is 0 Å². The molecule has 81 heavy (non-hydrogen) atoms. The van der Waals surface area contributed by atoms with Gasteiger partial charge in [-0.05, 0) is 77.0 Å². The molecule has 1 heterocycles. The van der Waals surface area contributed by atoms with Gasteiger partial charge in [-0.25, -0.2) is 32.9 Å². The van der Waals surface area contributed by atoms with Gasteiger partial charge in [-0.15, -0.1) is 0 Å². The Balaban J connectivity index is 3.00. The van der Waals surface area contributed by atoms with Gasteiger partial charge in [0, 0.05) is 160 Å². The lowest BCUT2D eigenvalue weighted by Crippen LogP contribution is -2.54. The first-order valence-corrected chi connectivity index (χ1v) is 36.4. The number of nitrogens with one attached hydrogen (secondary N) is 1. The van der Waals surface area contributed by atoms with Crippen LogP contribution in [-0.2, 0) is 69.1 Å². The molecular formula is C56H113N7O15Si3. The van der Waals surface area contributed by atoms with E-state index in [9.17, 15) is 28.8 Å². The summed E-state index contributed by atoms with van der Waals surface area (Å²) in [5.74, 6) is 0.270. The first-order chi connectivity index (χ1) is 39.1. The minimum absolute atomic E-state index is 0.112. The maximum absolute atomic E-state index is 14.0. The Morgan fingerprint density at radius 1 is 0.358 bits per heavy atom. The SMILES string of the molecule is CCCCN(CCC[Si](OC)(OC)OC)C(=O)CCCCCCCn1c(=O)n(CCCCCCCC(=O)N(CCCC)CCC[Si](OC)(OC)OC)c(=O)n(CCCCCCNC(=O)N(CCCC)CCC[Si](OC)(OC)OC)c1=O. The van der Waals surface area contributed by atoms with Crippen LogP contribution in [0.1, 0.15) is 181 Å². The summed E-state index contributed by atoms with van der Waals surface area (Å²) in [5.41, 5.74) is -1.76. The number of amides is 4. The highest BCUT2D eigenvalue weighted by Crippen LogP contribution is 2.20. The lowest BCUT2D eigenvalue weighted by molar-refractivity contribution is -0.132. The van der Waals surface area contributed by atoms with E-state index >= 15 is 0 Å². The summed E-state index contributed by atoms with van der Waals surface area (Å²) in [5, 5.41) is 3.07. The third kappa shape index (κ3) is 28.6. The molecule has 0 unspecified atom stereocenters. The van der Waals surface area contributed by atoms with Gasteiger partial charge in [-0.3, -0.25) is 9.59 Å². The monoisotopic (exact) mass is 1210 g/mol. The third-order valence-corrected chi connectivity index (χ3v) is 23.9. The zero-order valence-electron chi connectivity index (χ0n) is 52.7. The van der Waals surface area contributed by atoms with Crippen molar-refractivity contribution in [1.29, 1.82) is 0 Å². The van der Waals surface area contributed by atoms with E-state index in [2.05, 4.69) is 26.1 Å². The van der Waals surface area contributed by atoms with Crippen LogP contribution in [-0.4, -0.2) is 182 Å². The Morgan fingerprint density at radius 3 is 0.926 bits per heavy atom. The second-order valence-corrected chi connectivity index (χ2v) is 30.3. The molecule has 0 radical (unpaired) electrons. The van der Waals surface area contributed by atoms with Gasteiger partial charge in [0.2, 0.25) is 11.8 Å². The Kier molecular flexibility index (Phi) is 42.5. The van der Waals surface area contributed by atoms with Gasteiger partial charge >= 0.3 is 49.5 Å². The van der Waals surface area contributed by atoms with Crippen molar-refractivity contribution in [2.75, 3.05) is 110 Å². The Morgan fingerprint density at radius 2 is 0.617 bits per heavy atom. The van der Waals surface area contributed by atoms with Crippen molar-refractivity contribution >= 4 is 44.3 Å². The molecule has 0 spiro atoms. The van der Waals surface area contributed by atoms with E-state index in [-0.39, 0.29) is 37.5 Å². The van der Waals surface area contributed by atoms with Crippen LogP contribution in [0.15, 0.2) is 14.4 Å². The summed E-state index contributed by atoms with van der Waals surface area (Å²) in [4.78, 5) is 87.5. The van der Waals surface area contributed by atoms with Crippen LogP contribution < -0.4 is 22.4 Å². The number of carbonyl (C=O) groups excluding carboxylic acids is 3. The van der Waals surface area contributed by atoms with Gasteiger partial charge in [0.25, 0.3) is 0 Å². The van der Waals surface area contributed by atoms with Crippen LogP contribution in [0.25, 0.3) is 0 Å². The Bertz CT molecular complexity index is 1730. The number of rotatable bonds is 53. The molecule has 0 aliphatic carbocycles. The first-order valence-electron chi connectivity index (χ1n) is 30.6. The smallest absolute Gasteiger partial charge is 0.377 e. The normalized spacial score (nSPS) is 12.1. The number of hydrogen-bond donors (Lipinski definition) is 1. The van der Waals surface area contributed by atoms with Crippen molar-refractivity contribution in [1.82, 2.24) is 33.7 Å². The van der Waals surface area contributed by atoms with E-state index in [4.69, 9.17) is 39.8 Å². The zero-order chi connectivity index (χ0) is 60.4. The predicted octanol–water partition coefficient (Wildman–Crippen LogP) is 8.29. The number of aromatic nitrogens is 3. The van der Waals surface area contributed by atoms with E-state index in [1.165, 1.54) is 13.7 Å². The molecule has 0 saturated heterocycles. The van der Waals surface area contributed by atoms with Crippen molar-refractivity contribution in [3.05, 3.63) is 31.5 Å². The van der Waals surface area contributed by atoms with Gasteiger partial charge in [-0.1, -0.05) is 91.4 Å². The molecule has 25 heteroatoms. The molecule has 1 rings (SSSR count). The van der Waals surface area contributed by atoms with Crippen molar-refractivity contribution in [2.45, 2.75) is 219 Å². The van der Waals surface area contributed by atoms with Gasteiger partial charge < -0.3 is 59.9 Å². The van der Waals surface area contributed by atoms with Crippen LogP contribution in [0.5, 0.6) is 0 Å². The number of hydrogen-bond acceptors (Lipinski definition) is 15. The molecule has 22 nitrogen and oxygen atoms in total. The predicted molar refractivity (Wildman–Crippen MR) is 325 cm³/mol. The van der Waals surface area contributed by atoms with E-state index in [1.807, 2.05) is 14.7 Å². The molecule has 0 aliphatic rings. The molecule has 4 amide bonds. The maximum atomic E-state index is 14.0. The van der Waals surface area contributed by atoms with E-state index in [0.29, 0.717) is 102 Å². The van der Waals surface area contributed by atoms with Crippen LogP contribution in [0, 0.1) is 0 Å². The van der Waals surface area contributed by atoms with E-state index in [1.54, 1.807) is 64.0 Å². The van der Waals surface area contributed by atoms with Crippen molar-refractivity contribution in [2.24, 2.45) is 0 Å². The fourth-order valence-corrected chi connectivity index (χ4v) is 15.1. The number of nitrogens with zero attached hydrogens (tertiary/aromatic N) is 6. The van der Waals surface area contributed by atoms with Crippen molar-refractivity contribution < 1.29 is 54.2 Å². The molecular weight excluding hydrogens is 1090 g/mol. The first kappa shape index (κ1) is 75.9. The summed E-state index contributed by atoms with van der Waals surface area (Å²) in [6.07, 6.45) is 19.1. The minimum atomic E-state index is -2.74. The average Bonchev–Trinajstić information content (AvgIpc) is 3.48. The van der Waals surface area contributed by atoms with Gasteiger partial charge in [0.1, 0.15) is 0 Å². The van der Waals surface area contributed by atoms with Crippen LogP contribution >= 0.6 is 0 Å². The highest BCUT2D eigenvalue weighted by atomic mass is 28.4. The molecule has 0 aromatic carbocycles. The molecule has 1 aromatic heterocycles. The Labute approximate surface area is 490 Å².